The maximum atomic E-state index is 12.8. The Kier molecular flexibility index (Phi) is 2.84. The lowest BCUT2D eigenvalue weighted by Gasteiger charge is -2.11. The zero-order valence-corrected chi connectivity index (χ0v) is 8.52. The molecule has 0 aliphatic heterocycles. The van der Waals surface area contributed by atoms with Gasteiger partial charge >= 0.3 is 6.18 Å². The van der Waals surface area contributed by atoms with Crippen molar-refractivity contribution in [3.05, 3.63) is 41.9 Å². The molecule has 2 rings (SSSR count). The zero-order chi connectivity index (χ0) is 12.5. The fourth-order valence-corrected chi connectivity index (χ4v) is 1.45. The number of aromatic nitrogens is 3. The van der Waals surface area contributed by atoms with E-state index in [-0.39, 0.29) is 11.4 Å². The van der Waals surface area contributed by atoms with Crippen molar-refractivity contribution in [1.82, 2.24) is 14.8 Å². The van der Waals surface area contributed by atoms with Crippen LogP contribution in [-0.4, -0.2) is 19.9 Å². The summed E-state index contributed by atoms with van der Waals surface area (Å²) in [6.45, 7) is -0.721. The van der Waals surface area contributed by atoms with Crippen LogP contribution in [0, 0.1) is 0 Å². The summed E-state index contributed by atoms with van der Waals surface area (Å²) in [7, 11) is 0. The molecule has 0 atom stereocenters. The molecule has 0 amide bonds. The standard InChI is InChI=1S/C10H8F3N3O/c11-10(12,13)9-7(6-17)5-15-16(9)8-3-1-2-4-14-8/h1-5,17H,6H2. The molecule has 4 nitrogen and oxygen atoms in total. The van der Waals surface area contributed by atoms with Gasteiger partial charge in [0.25, 0.3) is 0 Å². The molecule has 0 aliphatic rings. The Balaban J connectivity index is 2.60. The van der Waals surface area contributed by atoms with Gasteiger partial charge < -0.3 is 5.11 Å². The van der Waals surface area contributed by atoms with E-state index >= 15 is 0 Å². The number of aliphatic hydroxyl groups excluding tert-OH is 1. The molecule has 0 unspecified atom stereocenters. The van der Waals surface area contributed by atoms with Crippen LogP contribution >= 0.6 is 0 Å². The Hall–Kier alpha value is -1.89. The minimum atomic E-state index is -4.59. The second kappa shape index (κ2) is 4.17. The van der Waals surface area contributed by atoms with Crippen molar-refractivity contribution < 1.29 is 18.3 Å². The molecule has 0 spiro atoms. The number of halogens is 3. The number of rotatable bonds is 2. The molecule has 0 aromatic carbocycles. The van der Waals surface area contributed by atoms with Crippen molar-refractivity contribution in [3.63, 3.8) is 0 Å². The summed E-state index contributed by atoms with van der Waals surface area (Å²) < 4.78 is 39.1. The largest absolute Gasteiger partial charge is 0.433 e. The fraction of sp³-hybridized carbons (Fsp3) is 0.200. The van der Waals surface area contributed by atoms with Crippen molar-refractivity contribution in [2.75, 3.05) is 0 Å². The summed E-state index contributed by atoms with van der Waals surface area (Å²) in [4.78, 5) is 3.79. The van der Waals surface area contributed by atoms with Crippen molar-refractivity contribution in [1.29, 1.82) is 0 Å². The lowest BCUT2D eigenvalue weighted by atomic mass is 10.2. The Morgan fingerprint density at radius 2 is 2.06 bits per heavy atom. The van der Waals surface area contributed by atoms with E-state index < -0.39 is 18.5 Å². The van der Waals surface area contributed by atoms with Gasteiger partial charge in [-0.1, -0.05) is 6.07 Å². The molecular formula is C10H8F3N3O. The Morgan fingerprint density at radius 1 is 1.29 bits per heavy atom. The molecule has 0 fully saturated rings. The first kappa shape index (κ1) is 11.6. The van der Waals surface area contributed by atoms with Gasteiger partial charge in [0.1, 0.15) is 0 Å². The van der Waals surface area contributed by atoms with Gasteiger partial charge in [-0.3, -0.25) is 0 Å². The molecule has 2 aromatic heterocycles. The SMILES string of the molecule is OCc1cnn(-c2ccccn2)c1C(F)(F)F. The number of nitrogens with zero attached hydrogens (tertiary/aromatic N) is 3. The topological polar surface area (TPSA) is 50.9 Å². The van der Waals surface area contributed by atoms with E-state index in [2.05, 4.69) is 10.1 Å². The van der Waals surface area contributed by atoms with Crippen LogP contribution in [0.3, 0.4) is 0 Å². The first-order valence-electron chi connectivity index (χ1n) is 4.70. The molecule has 2 heterocycles. The average Bonchev–Trinajstić information content (AvgIpc) is 2.73. The van der Waals surface area contributed by atoms with Gasteiger partial charge in [-0.15, -0.1) is 0 Å². The molecule has 2 aromatic rings. The number of hydrogen-bond donors (Lipinski definition) is 1. The lowest BCUT2D eigenvalue weighted by molar-refractivity contribution is -0.143. The highest BCUT2D eigenvalue weighted by Crippen LogP contribution is 2.33. The highest BCUT2D eigenvalue weighted by atomic mass is 19.4. The third kappa shape index (κ3) is 2.14. The number of aliphatic hydroxyl groups is 1. The van der Waals surface area contributed by atoms with Crippen LogP contribution in [0.15, 0.2) is 30.6 Å². The molecular weight excluding hydrogens is 235 g/mol. The predicted octanol–water partition coefficient (Wildman–Crippen LogP) is 1.78. The van der Waals surface area contributed by atoms with Crippen LogP contribution < -0.4 is 0 Å². The molecule has 17 heavy (non-hydrogen) atoms. The maximum Gasteiger partial charge on any atom is 0.433 e. The highest BCUT2D eigenvalue weighted by Gasteiger charge is 2.38. The van der Waals surface area contributed by atoms with Gasteiger partial charge in [0, 0.05) is 11.8 Å². The van der Waals surface area contributed by atoms with Crippen molar-refractivity contribution in [3.8, 4) is 5.82 Å². The third-order valence-corrected chi connectivity index (χ3v) is 2.15. The van der Waals surface area contributed by atoms with Gasteiger partial charge in [0.05, 0.1) is 12.8 Å². The van der Waals surface area contributed by atoms with Gasteiger partial charge in [0.2, 0.25) is 0 Å². The fourth-order valence-electron chi connectivity index (χ4n) is 1.45. The van der Waals surface area contributed by atoms with E-state index in [9.17, 15) is 13.2 Å². The summed E-state index contributed by atoms with van der Waals surface area (Å²) in [6, 6.07) is 4.55. The number of hydrogen-bond acceptors (Lipinski definition) is 3. The smallest absolute Gasteiger partial charge is 0.392 e. The third-order valence-electron chi connectivity index (χ3n) is 2.15. The minimum absolute atomic E-state index is 0.0551. The Bertz CT molecular complexity index is 507. The number of pyridine rings is 1. The molecule has 1 N–H and O–H groups in total. The van der Waals surface area contributed by atoms with Crippen LogP contribution in [0.2, 0.25) is 0 Å². The van der Waals surface area contributed by atoms with Gasteiger partial charge in [0.15, 0.2) is 11.5 Å². The lowest BCUT2D eigenvalue weighted by Crippen LogP contribution is -2.16. The minimum Gasteiger partial charge on any atom is -0.392 e. The first-order chi connectivity index (χ1) is 8.04. The maximum absolute atomic E-state index is 12.8. The van der Waals surface area contributed by atoms with Crippen molar-refractivity contribution in [2.45, 2.75) is 12.8 Å². The molecule has 90 valence electrons. The summed E-state index contributed by atoms with van der Waals surface area (Å²) in [5.74, 6) is 0.0551. The molecule has 0 saturated heterocycles. The first-order valence-corrected chi connectivity index (χ1v) is 4.70. The zero-order valence-electron chi connectivity index (χ0n) is 8.52. The van der Waals surface area contributed by atoms with Crippen LogP contribution in [0.4, 0.5) is 13.2 Å². The summed E-state index contributed by atoms with van der Waals surface area (Å²) in [6.07, 6.45) is -2.24. The van der Waals surface area contributed by atoms with E-state index in [1.165, 1.54) is 12.3 Å². The number of alkyl halides is 3. The Morgan fingerprint density at radius 3 is 2.59 bits per heavy atom. The van der Waals surface area contributed by atoms with Gasteiger partial charge in [-0.05, 0) is 12.1 Å². The molecule has 0 bridgehead atoms. The molecule has 0 aliphatic carbocycles. The average molecular weight is 243 g/mol. The van der Waals surface area contributed by atoms with Crippen molar-refractivity contribution in [2.24, 2.45) is 0 Å². The summed E-state index contributed by atoms with van der Waals surface area (Å²) in [5, 5.41) is 12.5. The van der Waals surface area contributed by atoms with E-state index in [1.807, 2.05) is 0 Å². The summed E-state index contributed by atoms with van der Waals surface area (Å²) in [5.41, 5.74) is -1.28. The monoisotopic (exact) mass is 243 g/mol. The second-order valence-corrected chi connectivity index (χ2v) is 3.27. The van der Waals surface area contributed by atoms with Crippen LogP contribution in [0.25, 0.3) is 5.82 Å². The quantitative estimate of drug-likeness (QED) is 0.874. The second-order valence-electron chi connectivity index (χ2n) is 3.27. The van der Waals surface area contributed by atoms with Crippen LogP contribution in [0.1, 0.15) is 11.3 Å². The predicted molar refractivity (Wildman–Crippen MR) is 52.3 cm³/mol. The van der Waals surface area contributed by atoms with Gasteiger partial charge in [-0.2, -0.15) is 18.3 Å². The Labute approximate surface area is 94.3 Å². The normalized spacial score (nSPS) is 11.8. The molecule has 0 radical (unpaired) electrons. The van der Waals surface area contributed by atoms with E-state index in [0.29, 0.717) is 4.68 Å². The van der Waals surface area contributed by atoms with E-state index in [4.69, 9.17) is 5.11 Å². The highest BCUT2D eigenvalue weighted by molar-refractivity contribution is 5.30. The molecule has 0 saturated carbocycles. The van der Waals surface area contributed by atoms with Crippen LogP contribution in [0.5, 0.6) is 0 Å². The van der Waals surface area contributed by atoms with Gasteiger partial charge in [-0.25, -0.2) is 9.67 Å². The van der Waals surface area contributed by atoms with Crippen LogP contribution in [-0.2, 0) is 12.8 Å². The van der Waals surface area contributed by atoms with E-state index in [1.54, 1.807) is 12.1 Å². The molecule has 7 heteroatoms. The van der Waals surface area contributed by atoms with Crippen molar-refractivity contribution >= 4 is 0 Å². The van der Waals surface area contributed by atoms with E-state index in [0.717, 1.165) is 6.20 Å². The summed E-state index contributed by atoms with van der Waals surface area (Å²) >= 11 is 0.